The molecule has 2 N–H and O–H groups in total. The van der Waals surface area contributed by atoms with Crippen LogP contribution in [0.25, 0.3) is 10.9 Å². The minimum absolute atomic E-state index is 0.187. The van der Waals surface area contributed by atoms with E-state index >= 15 is 0 Å². The van der Waals surface area contributed by atoms with Gasteiger partial charge in [-0.25, -0.2) is 8.78 Å². The fourth-order valence-electron chi connectivity index (χ4n) is 4.83. The quantitative estimate of drug-likeness (QED) is 0.556. The molecule has 4 nitrogen and oxygen atoms in total. The predicted molar refractivity (Wildman–Crippen MR) is 112 cm³/mol. The van der Waals surface area contributed by atoms with E-state index in [1.165, 1.54) is 23.8 Å². The van der Waals surface area contributed by atoms with Crippen molar-refractivity contribution in [1.82, 2.24) is 10.3 Å². The van der Waals surface area contributed by atoms with Crippen LogP contribution in [0.1, 0.15) is 42.7 Å². The van der Waals surface area contributed by atoms with Crippen molar-refractivity contribution in [3.8, 4) is 11.5 Å². The van der Waals surface area contributed by atoms with Crippen LogP contribution < -0.4 is 14.8 Å². The minimum atomic E-state index is -0.280. The Morgan fingerprint density at radius 2 is 1.93 bits per heavy atom. The maximum absolute atomic E-state index is 13.7. The molecule has 1 aromatic heterocycles. The van der Waals surface area contributed by atoms with Crippen molar-refractivity contribution in [3.05, 3.63) is 59.3 Å². The molecule has 3 aromatic rings. The molecule has 1 aliphatic heterocycles. The molecule has 0 saturated heterocycles. The standard InChI is InChI=1S/C24H26F2N2O2/c25-17-3-6-22-20(12-17)21(14-28-22)15-1-4-19(5-2-15)27-8-10-29-23-13-18(26)11-16-7-9-30-24(16)23/h3,6,11-15,19,27-28H,1-2,4-5,7-10H2. The van der Waals surface area contributed by atoms with Gasteiger partial charge in [0.1, 0.15) is 18.2 Å². The van der Waals surface area contributed by atoms with E-state index in [4.69, 9.17) is 9.47 Å². The Morgan fingerprint density at radius 3 is 2.80 bits per heavy atom. The molecule has 0 atom stereocenters. The van der Waals surface area contributed by atoms with Gasteiger partial charge in [-0.2, -0.15) is 0 Å². The molecule has 2 aromatic carbocycles. The normalized spacial score (nSPS) is 20.9. The number of halogens is 2. The lowest BCUT2D eigenvalue weighted by atomic mass is 9.81. The summed E-state index contributed by atoms with van der Waals surface area (Å²) >= 11 is 0. The molecule has 5 rings (SSSR count). The number of hydrogen-bond acceptors (Lipinski definition) is 3. The smallest absolute Gasteiger partial charge is 0.164 e. The number of benzene rings is 2. The first-order valence-corrected chi connectivity index (χ1v) is 10.8. The summed E-state index contributed by atoms with van der Waals surface area (Å²) in [6.07, 6.45) is 7.07. The lowest BCUT2D eigenvalue weighted by molar-refractivity contribution is 0.266. The van der Waals surface area contributed by atoms with Crippen LogP contribution in [0, 0.1) is 11.6 Å². The second-order valence-corrected chi connectivity index (χ2v) is 8.28. The van der Waals surface area contributed by atoms with Gasteiger partial charge in [0, 0.05) is 47.7 Å². The summed E-state index contributed by atoms with van der Waals surface area (Å²) in [6.45, 7) is 1.76. The summed E-state index contributed by atoms with van der Waals surface area (Å²) in [6, 6.07) is 8.31. The molecule has 0 spiro atoms. The van der Waals surface area contributed by atoms with E-state index in [2.05, 4.69) is 10.3 Å². The van der Waals surface area contributed by atoms with Gasteiger partial charge < -0.3 is 19.8 Å². The lowest BCUT2D eigenvalue weighted by Crippen LogP contribution is -2.35. The first-order valence-electron chi connectivity index (χ1n) is 10.8. The number of H-pyrrole nitrogens is 1. The molecular formula is C24H26F2N2O2. The molecule has 2 aliphatic rings. The average Bonchev–Trinajstić information content (AvgIpc) is 3.38. The zero-order valence-electron chi connectivity index (χ0n) is 16.8. The topological polar surface area (TPSA) is 46.3 Å². The Hall–Kier alpha value is -2.60. The Morgan fingerprint density at radius 1 is 1.07 bits per heavy atom. The van der Waals surface area contributed by atoms with Crippen LogP contribution in [0.3, 0.4) is 0 Å². The zero-order valence-corrected chi connectivity index (χ0v) is 16.8. The third-order valence-corrected chi connectivity index (χ3v) is 6.35. The van der Waals surface area contributed by atoms with Crippen LogP contribution >= 0.6 is 0 Å². The van der Waals surface area contributed by atoms with Gasteiger partial charge in [-0.15, -0.1) is 0 Å². The van der Waals surface area contributed by atoms with Gasteiger partial charge in [-0.1, -0.05) is 0 Å². The Kier molecular flexibility index (Phi) is 5.34. The highest BCUT2D eigenvalue weighted by molar-refractivity contribution is 5.83. The summed E-state index contributed by atoms with van der Waals surface area (Å²) in [5, 5.41) is 4.56. The number of fused-ring (bicyclic) bond motifs is 2. The molecule has 0 unspecified atom stereocenters. The van der Waals surface area contributed by atoms with E-state index in [9.17, 15) is 8.78 Å². The third kappa shape index (κ3) is 3.88. The fraction of sp³-hybridized carbons (Fsp3) is 0.417. The molecular weight excluding hydrogens is 386 g/mol. The highest BCUT2D eigenvalue weighted by atomic mass is 19.1. The molecule has 6 heteroatoms. The fourth-order valence-corrected chi connectivity index (χ4v) is 4.83. The van der Waals surface area contributed by atoms with Crippen molar-refractivity contribution < 1.29 is 18.3 Å². The maximum atomic E-state index is 13.7. The number of rotatable bonds is 6. The Labute approximate surface area is 174 Å². The van der Waals surface area contributed by atoms with Gasteiger partial charge in [0.05, 0.1) is 6.61 Å². The number of nitrogens with one attached hydrogen (secondary N) is 2. The van der Waals surface area contributed by atoms with Crippen LogP contribution in [0.4, 0.5) is 8.78 Å². The minimum Gasteiger partial charge on any atom is -0.489 e. The van der Waals surface area contributed by atoms with Crippen molar-refractivity contribution in [2.75, 3.05) is 19.8 Å². The molecule has 1 saturated carbocycles. The number of aromatic amines is 1. The molecule has 0 bridgehead atoms. The van der Waals surface area contributed by atoms with E-state index in [0.29, 0.717) is 43.2 Å². The van der Waals surface area contributed by atoms with Crippen molar-refractivity contribution >= 4 is 10.9 Å². The van der Waals surface area contributed by atoms with E-state index in [0.717, 1.165) is 48.6 Å². The van der Waals surface area contributed by atoms with E-state index < -0.39 is 0 Å². The van der Waals surface area contributed by atoms with Gasteiger partial charge in [0.25, 0.3) is 0 Å². The van der Waals surface area contributed by atoms with E-state index in [1.54, 1.807) is 12.1 Å². The summed E-state index contributed by atoms with van der Waals surface area (Å²) in [7, 11) is 0. The molecule has 0 radical (unpaired) electrons. The third-order valence-electron chi connectivity index (χ3n) is 6.35. The summed E-state index contributed by atoms with van der Waals surface area (Å²) < 4.78 is 38.7. The second kappa shape index (κ2) is 8.26. The number of ether oxygens (including phenoxy) is 2. The molecule has 2 heterocycles. The van der Waals surface area contributed by atoms with Gasteiger partial charge in [-0.05, 0) is 61.4 Å². The van der Waals surface area contributed by atoms with Gasteiger partial charge >= 0.3 is 0 Å². The Balaban J connectivity index is 1.11. The Bertz CT molecular complexity index is 1040. The van der Waals surface area contributed by atoms with E-state index in [-0.39, 0.29) is 11.6 Å². The monoisotopic (exact) mass is 412 g/mol. The molecule has 158 valence electrons. The van der Waals surface area contributed by atoms with Gasteiger partial charge in [0.15, 0.2) is 11.5 Å². The molecule has 0 amide bonds. The number of aromatic nitrogens is 1. The van der Waals surface area contributed by atoms with Crippen molar-refractivity contribution in [3.63, 3.8) is 0 Å². The van der Waals surface area contributed by atoms with Gasteiger partial charge in [-0.3, -0.25) is 0 Å². The maximum Gasteiger partial charge on any atom is 0.164 e. The van der Waals surface area contributed by atoms with Gasteiger partial charge in [0.2, 0.25) is 0 Å². The summed E-state index contributed by atoms with van der Waals surface area (Å²) in [4.78, 5) is 3.27. The largest absolute Gasteiger partial charge is 0.489 e. The highest BCUT2D eigenvalue weighted by Gasteiger charge is 2.24. The molecule has 30 heavy (non-hydrogen) atoms. The predicted octanol–water partition coefficient (Wildman–Crippen LogP) is 5.08. The first-order chi connectivity index (χ1) is 14.7. The number of hydrogen-bond donors (Lipinski definition) is 2. The van der Waals surface area contributed by atoms with Crippen molar-refractivity contribution in [2.45, 2.75) is 44.1 Å². The van der Waals surface area contributed by atoms with Crippen LogP contribution in [0.15, 0.2) is 36.5 Å². The second-order valence-electron chi connectivity index (χ2n) is 8.28. The van der Waals surface area contributed by atoms with Crippen LogP contribution in [-0.4, -0.2) is 30.8 Å². The summed E-state index contributed by atoms with van der Waals surface area (Å²) in [5.41, 5.74) is 3.11. The summed E-state index contributed by atoms with van der Waals surface area (Å²) in [5.74, 6) is 1.18. The van der Waals surface area contributed by atoms with Crippen LogP contribution in [-0.2, 0) is 6.42 Å². The zero-order chi connectivity index (χ0) is 20.5. The van der Waals surface area contributed by atoms with Crippen LogP contribution in [0.5, 0.6) is 11.5 Å². The highest BCUT2D eigenvalue weighted by Crippen LogP contribution is 2.38. The average molecular weight is 412 g/mol. The van der Waals surface area contributed by atoms with Crippen molar-refractivity contribution in [1.29, 1.82) is 0 Å². The lowest BCUT2D eigenvalue weighted by Gasteiger charge is -2.29. The van der Waals surface area contributed by atoms with Crippen LogP contribution in [0.2, 0.25) is 0 Å². The van der Waals surface area contributed by atoms with E-state index in [1.807, 2.05) is 6.20 Å². The molecule has 1 aliphatic carbocycles. The first kappa shape index (κ1) is 19.4. The molecule has 1 fully saturated rings. The SMILES string of the molecule is Fc1cc2c(c(OCCNC3CCC(c4c[nH]c5ccc(F)cc45)CC3)c1)OCC2. The van der Waals surface area contributed by atoms with Crippen molar-refractivity contribution in [2.24, 2.45) is 0 Å².